The first-order chi connectivity index (χ1) is 10.9. The van der Waals surface area contributed by atoms with Crippen molar-refractivity contribution in [2.75, 3.05) is 6.54 Å². The maximum absolute atomic E-state index is 12.2. The molecule has 1 N–H and O–H groups in total. The van der Waals surface area contributed by atoms with Crippen molar-refractivity contribution in [1.29, 1.82) is 0 Å². The van der Waals surface area contributed by atoms with Gasteiger partial charge in [0, 0.05) is 6.54 Å². The maximum Gasteiger partial charge on any atom is 0.338 e. The number of carbonyl (C=O) groups is 2. The van der Waals surface area contributed by atoms with Gasteiger partial charge in [-0.2, -0.15) is 0 Å². The number of hydrogen-bond donors (Lipinski definition) is 1. The minimum atomic E-state index is -0.845. The molecular weight excluding hydrogens is 294 g/mol. The smallest absolute Gasteiger partial charge is 0.338 e. The van der Waals surface area contributed by atoms with Crippen molar-refractivity contribution in [1.82, 2.24) is 4.90 Å². The highest BCUT2D eigenvalue weighted by Gasteiger charge is 2.23. The van der Waals surface area contributed by atoms with Gasteiger partial charge < -0.3 is 14.7 Å². The molecule has 128 valence electrons. The highest BCUT2D eigenvalue weighted by atomic mass is 16.5. The van der Waals surface area contributed by atoms with Crippen LogP contribution < -0.4 is 0 Å². The lowest BCUT2D eigenvalue weighted by Crippen LogP contribution is -2.40. The zero-order chi connectivity index (χ0) is 17.4. The largest absolute Gasteiger partial charge is 0.458 e. The van der Waals surface area contributed by atoms with Gasteiger partial charge in [0.15, 0.2) is 0 Å². The number of aryl methyl sites for hydroxylation is 1. The Balaban J connectivity index is 2.67. The third-order valence-electron chi connectivity index (χ3n) is 3.84. The van der Waals surface area contributed by atoms with E-state index in [0.717, 1.165) is 12.0 Å². The maximum atomic E-state index is 12.2. The van der Waals surface area contributed by atoms with E-state index in [1.807, 2.05) is 26.0 Å². The Hall–Kier alpha value is -1.88. The van der Waals surface area contributed by atoms with Gasteiger partial charge in [0.25, 0.3) is 0 Å². The summed E-state index contributed by atoms with van der Waals surface area (Å²) in [5.74, 6) is -0.643. The van der Waals surface area contributed by atoms with Crippen LogP contribution in [0.5, 0.6) is 0 Å². The number of ether oxygens (including phenoxy) is 1. The number of hydrogen-bond acceptors (Lipinski definition) is 4. The van der Waals surface area contributed by atoms with Crippen molar-refractivity contribution in [3.8, 4) is 0 Å². The number of aliphatic hydroxyl groups excluding tert-OH is 1. The van der Waals surface area contributed by atoms with Crippen molar-refractivity contribution < 1.29 is 19.4 Å². The molecule has 0 aromatic heterocycles. The van der Waals surface area contributed by atoms with Crippen LogP contribution in [0.3, 0.4) is 0 Å². The van der Waals surface area contributed by atoms with E-state index in [1.54, 1.807) is 26.0 Å². The van der Waals surface area contributed by atoms with Gasteiger partial charge >= 0.3 is 5.97 Å². The topological polar surface area (TPSA) is 66.8 Å². The number of nitrogens with zero attached hydrogens (tertiary/aromatic N) is 1. The van der Waals surface area contributed by atoms with Crippen LogP contribution in [-0.4, -0.2) is 40.8 Å². The monoisotopic (exact) mass is 321 g/mol. The highest BCUT2D eigenvalue weighted by molar-refractivity contribution is 5.89. The minimum Gasteiger partial charge on any atom is -0.458 e. The SMILES string of the molecule is CCc1ccc(C(=O)OC(CC)CC(=O)N(CC)C(C)O)cc1. The summed E-state index contributed by atoms with van der Waals surface area (Å²) in [6, 6.07) is 7.28. The van der Waals surface area contributed by atoms with Crippen molar-refractivity contribution in [3.63, 3.8) is 0 Å². The summed E-state index contributed by atoms with van der Waals surface area (Å²) in [4.78, 5) is 25.7. The Bertz CT molecular complexity index is 510. The van der Waals surface area contributed by atoms with Crippen molar-refractivity contribution >= 4 is 11.9 Å². The molecule has 23 heavy (non-hydrogen) atoms. The summed E-state index contributed by atoms with van der Waals surface area (Å²) >= 11 is 0. The molecule has 1 rings (SSSR count). The first-order valence-electron chi connectivity index (χ1n) is 8.20. The normalized spacial score (nSPS) is 13.3. The Morgan fingerprint density at radius 1 is 1.17 bits per heavy atom. The second-order valence-corrected chi connectivity index (χ2v) is 5.50. The zero-order valence-electron chi connectivity index (χ0n) is 14.4. The average molecular weight is 321 g/mol. The number of rotatable bonds is 8. The minimum absolute atomic E-state index is 0.0774. The molecule has 0 heterocycles. The number of aliphatic hydroxyl groups is 1. The van der Waals surface area contributed by atoms with Crippen LogP contribution in [0.15, 0.2) is 24.3 Å². The molecule has 0 radical (unpaired) electrons. The van der Waals surface area contributed by atoms with Gasteiger partial charge in [0.2, 0.25) is 5.91 Å². The Kier molecular flexibility index (Phi) is 7.75. The predicted octanol–water partition coefficient (Wildman–Crippen LogP) is 2.76. The van der Waals surface area contributed by atoms with Gasteiger partial charge in [0.05, 0.1) is 12.0 Å². The van der Waals surface area contributed by atoms with E-state index in [-0.39, 0.29) is 12.3 Å². The molecule has 0 saturated heterocycles. The first-order valence-corrected chi connectivity index (χ1v) is 8.20. The predicted molar refractivity (Wildman–Crippen MR) is 89.0 cm³/mol. The molecule has 0 aliphatic rings. The number of carbonyl (C=O) groups excluding carboxylic acids is 2. The Labute approximate surface area is 138 Å². The fraction of sp³-hybridized carbons (Fsp3) is 0.556. The molecule has 0 spiro atoms. The molecule has 2 unspecified atom stereocenters. The lowest BCUT2D eigenvalue weighted by Gasteiger charge is -2.26. The average Bonchev–Trinajstić information content (AvgIpc) is 2.54. The summed E-state index contributed by atoms with van der Waals surface area (Å²) in [6.45, 7) is 7.67. The Morgan fingerprint density at radius 3 is 2.22 bits per heavy atom. The second-order valence-electron chi connectivity index (χ2n) is 5.50. The molecule has 0 fully saturated rings. The van der Waals surface area contributed by atoms with Crippen LogP contribution in [0, 0.1) is 0 Å². The van der Waals surface area contributed by atoms with E-state index in [0.29, 0.717) is 18.5 Å². The van der Waals surface area contributed by atoms with Gasteiger partial charge in [-0.25, -0.2) is 4.79 Å². The van der Waals surface area contributed by atoms with E-state index in [1.165, 1.54) is 4.90 Å². The van der Waals surface area contributed by atoms with Crippen LogP contribution in [-0.2, 0) is 16.0 Å². The fourth-order valence-electron chi connectivity index (χ4n) is 2.33. The third kappa shape index (κ3) is 5.67. The zero-order valence-corrected chi connectivity index (χ0v) is 14.4. The highest BCUT2D eigenvalue weighted by Crippen LogP contribution is 2.13. The second kappa shape index (κ2) is 9.30. The molecule has 5 nitrogen and oxygen atoms in total. The van der Waals surface area contributed by atoms with Gasteiger partial charge in [0.1, 0.15) is 12.3 Å². The van der Waals surface area contributed by atoms with E-state index in [4.69, 9.17) is 4.74 Å². The van der Waals surface area contributed by atoms with Gasteiger partial charge in [-0.15, -0.1) is 0 Å². The molecule has 2 atom stereocenters. The van der Waals surface area contributed by atoms with Gasteiger partial charge in [-0.1, -0.05) is 26.0 Å². The van der Waals surface area contributed by atoms with Crippen LogP contribution in [0.4, 0.5) is 0 Å². The van der Waals surface area contributed by atoms with Crippen LogP contribution >= 0.6 is 0 Å². The lowest BCUT2D eigenvalue weighted by atomic mass is 10.1. The lowest BCUT2D eigenvalue weighted by molar-refractivity contribution is -0.141. The third-order valence-corrected chi connectivity index (χ3v) is 3.84. The Morgan fingerprint density at radius 2 is 1.78 bits per heavy atom. The van der Waals surface area contributed by atoms with Crippen molar-refractivity contribution in [2.24, 2.45) is 0 Å². The first kappa shape index (κ1) is 19.2. The molecule has 5 heteroatoms. The molecular formula is C18H27NO4. The van der Waals surface area contributed by atoms with Crippen LogP contribution in [0.2, 0.25) is 0 Å². The number of esters is 1. The van der Waals surface area contributed by atoms with Gasteiger partial charge in [-0.05, 0) is 44.4 Å². The van der Waals surface area contributed by atoms with E-state index in [9.17, 15) is 14.7 Å². The summed E-state index contributed by atoms with van der Waals surface area (Å²) in [7, 11) is 0. The van der Waals surface area contributed by atoms with E-state index in [2.05, 4.69) is 0 Å². The number of amides is 1. The summed E-state index contributed by atoms with van der Waals surface area (Å²) in [5.41, 5.74) is 1.63. The fourth-order valence-corrected chi connectivity index (χ4v) is 2.33. The number of benzene rings is 1. The molecule has 1 amide bonds. The summed E-state index contributed by atoms with van der Waals surface area (Å²) in [6.07, 6.45) is 0.194. The summed E-state index contributed by atoms with van der Waals surface area (Å²) < 4.78 is 5.44. The standard InChI is InChI=1S/C18H27NO4/c1-5-14-8-10-15(11-9-14)18(22)23-16(6-2)12-17(21)19(7-3)13(4)20/h8-11,13,16,20H,5-7,12H2,1-4H3. The molecule has 1 aromatic carbocycles. The quantitative estimate of drug-likeness (QED) is 0.590. The molecule has 0 saturated carbocycles. The molecule has 0 aliphatic carbocycles. The van der Waals surface area contributed by atoms with Crippen LogP contribution in [0.25, 0.3) is 0 Å². The molecule has 1 aromatic rings. The van der Waals surface area contributed by atoms with Gasteiger partial charge in [-0.3, -0.25) is 4.79 Å². The molecule has 0 aliphatic heterocycles. The van der Waals surface area contributed by atoms with Crippen molar-refractivity contribution in [3.05, 3.63) is 35.4 Å². The van der Waals surface area contributed by atoms with Crippen LogP contribution in [0.1, 0.15) is 56.5 Å². The molecule has 0 bridgehead atoms. The van der Waals surface area contributed by atoms with Crippen molar-refractivity contribution in [2.45, 2.75) is 59.3 Å². The van der Waals surface area contributed by atoms with E-state index >= 15 is 0 Å². The summed E-state index contributed by atoms with van der Waals surface area (Å²) in [5, 5.41) is 9.57. The van der Waals surface area contributed by atoms with E-state index < -0.39 is 18.3 Å².